The molecule has 11 aromatic rings. The molecule has 2 heterocycles. The fourth-order valence-electron chi connectivity index (χ4n) is 10.6. The molecule has 0 bridgehead atoms. The molecule has 0 fully saturated rings. The smallest absolute Gasteiger partial charge is 0.132 e. The van der Waals surface area contributed by atoms with Crippen molar-refractivity contribution in [2.45, 2.75) is 5.41 Å². The fourth-order valence-corrected chi connectivity index (χ4v) is 10.6. The normalized spacial score (nSPS) is 13.1. The number of para-hydroxylation sites is 5. The minimum atomic E-state index is -0.611. The predicted molar refractivity (Wildman–Crippen MR) is 256 cm³/mol. The van der Waals surface area contributed by atoms with Gasteiger partial charge in [-0.05, 0) is 117 Å². The van der Waals surface area contributed by atoms with Crippen molar-refractivity contribution in [3.63, 3.8) is 0 Å². The molecular weight excluding hydrogens is 753 g/mol. The van der Waals surface area contributed by atoms with Gasteiger partial charge in [-0.3, -0.25) is 0 Å². The minimum Gasteiger partial charge on any atom is -0.457 e. The SMILES string of the molecule is c1ccc(N(c2ccc(-c3ccc4c5ccccc5n(-c5ccccc5)c4c3)cc2)c2ccc3c(c2)C2(c4ccccc4Oc4ccccc42)c2c-3ccc3ccccc23)cc1. The van der Waals surface area contributed by atoms with Crippen LogP contribution in [0.15, 0.2) is 231 Å². The largest absolute Gasteiger partial charge is 0.457 e. The Kier molecular flexibility index (Phi) is 7.52. The highest BCUT2D eigenvalue weighted by atomic mass is 16.5. The van der Waals surface area contributed by atoms with Crippen LogP contribution in [0.1, 0.15) is 22.3 Å². The first-order chi connectivity index (χ1) is 30.8. The zero-order valence-electron chi connectivity index (χ0n) is 33.7. The summed E-state index contributed by atoms with van der Waals surface area (Å²) in [5.41, 5.74) is 15.9. The highest BCUT2D eigenvalue weighted by Gasteiger charge is 2.52. The maximum atomic E-state index is 6.73. The molecule has 1 aliphatic carbocycles. The number of anilines is 3. The lowest BCUT2D eigenvalue weighted by Gasteiger charge is -2.40. The van der Waals surface area contributed by atoms with Crippen LogP contribution >= 0.6 is 0 Å². The van der Waals surface area contributed by atoms with Crippen LogP contribution in [0.3, 0.4) is 0 Å². The zero-order chi connectivity index (χ0) is 40.8. The van der Waals surface area contributed by atoms with Gasteiger partial charge in [0.15, 0.2) is 0 Å². The van der Waals surface area contributed by atoms with Crippen molar-refractivity contribution >= 4 is 49.6 Å². The Bertz CT molecular complexity index is 3500. The van der Waals surface area contributed by atoms with Crippen molar-refractivity contribution < 1.29 is 4.74 Å². The summed E-state index contributed by atoms with van der Waals surface area (Å²) < 4.78 is 9.11. The van der Waals surface area contributed by atoms with Gasteiger partial charge in [-0.1, -0.05) is 158 Å². The number of benzene rings is 10. The molecule has 0 N–H and O–H groups in total. The Morgan fingerprint density at radius 2 is 0.952 bits per heavy atom. The van der Waals surface area contributed by atoms with Crippen molar-refractivity contribution in [1.29, 1.82) is 0 Å². The number of fused-ring (bicyclic) bond motifs is 14. The molecular formula is C59H38N2O. The van der Waals surface area contributed by atoms with Gasteiger partial charge >= 0.3 is 0 Å². The molecule has 1 spiro atoms. The van der Waals surface area contributed by atoms with Gasteiger partial charge < -0.3 is 14.2 Å². The van der Waals surface area contributed by atoms with Gasteiger partial charge in [0.05, 0.1) is 16.4 Å². The summed E-state index contributed by atoms with van der Waals surface area (Å²) in [6, 6.07) is 83.9. The van der Waals surface area contributed by atoms with Crippen LogP contribution in [0.2, 0.25) is 0 Å². The van der Waals surface area contributed by atoms with Crippen molar-refractivity contribution in [3.8, 4) is 39.4 Å². The lowest BCUT2D eigenvalue weighted by atomic mass is 9.65. The summed E-state index contributed by atoms with van der Waals surface area (Å²) in [6.45, 7) is 0. The van der Waals surface area contributed by atoms with Crippen molar-refractivity contribution in [3.05, 3.63) is 253 Å². The second-order valence-corrected chi connectivity index (χ2v) is 16.4. The van der Waals surface area contributed by atoms with E-state index in [0.717, 1.165) is 45.4 Å². The van der Waals surface area contributed by atoms with Crippen LogP contribution in [-0.2, 0) is 5.41 Å². The van der Waals surface area contributed by atoms with Crippen LogP contribution in [0.25, 0.3) is 60.5 Å². The third-order valence-electron chi connectivity index (χ3n) is 13.2. The lowest BCUT2D eigenvalue weighted by Crippen LogP contribution is -2.32. The van der Waals surface area contributed by atoms with E-state index >= 15 is 0 Å². The molecule has 62 heavy (non-hydrogen) atoms. The van der Waals surface area contributed by atoms with Gasteiger partial charge in [0.1, 0.15) is 11.5 Å². The Balaban J connectivity index is 0.993. The molecule has 10 aromatic carbocycles. The summed E-state index contributed by atoms with van der Waals surface area (Å²) in [5, 5.41) is 4.99. The Hall–Kier alpha value is -8.14. The highest BCUT2D eigenvalue weighted by Crippen LogP contribution is 2.64. The van der Waals surface area contributed by atoms with Gasteiger partial charge in [-0.15, -0.1) is 0 Å². The van der Waals surface area contributed by atoms with Crippen LogP contribution in [-0.4, -0.2) is 4.57 Å². The van der Waals surface area contributed by atoms with Gasteiger partial charge in [-0.25, -0.2) is 0 Å². The van der Waals surface area contributed by atoms with E-state index in [4.69, 9.17) is 4.74 Å². The summed E-state index contributed by atoms with van der Waals surface area (Å²) >= 11 is 0. The molecule has 2 aliphatic rings. The summed E-state index contributed by atoms with van der Waals surface area (Å²) in [5.74, 6) is 1.78. The van der Waals surface area contributed by atoms with Crippen molar-refractivity contribution in [1.82, 2.24) is 4.57 Å². The van der Waals surface area contributed by atoms with Gasteiger partial charge in [0.25, 0.3) is 0 Å². The number of hydrogen-bond acceptors (Lipinski definition) is 2. The summed E-state index contributed by atoms with van der Waals surface area (Å²) in [6.07, 6.45) is 0. The number of rotatable bonds is 5. The van der Waals surface area contributed by atoms with E-state index in [1.165, 1.54) is 66.0 Å². The maximum Gasteiger partial charge on any atom is 0.132 e. The first-order valence-corrected chi connectivity index (χ1v) is 21.3. The molecule has 0 amide bonds. The average molecular weight is 791 g/mol. The first-order valence-electron chi connectivity index (χ1n) is 21.3. The van der Waals surface area contributed by atoms with Crippen LogP contribution < -0.4 is 9.64 Å². The Morgan fingerprint density at radius 3 is 1.73 bits per heavy atom. The molecule has 3 nitrogen and oxygen atoms in total. The van der Waals surface area contributed by atoms with E-state index in [1.807, 2.05) is 0 Å². The van der Waals surface area contributed by atoms with Crippen LogP contribution in [0.4, 0.5) is 17.1 Å². The monoisotopic (exact) mass is 790 g/mol. The Labute approximate surface area is 360 Å². The molecule has 3 heteroatoms. The number of aromatic nitrogens is 1. The van der Waals surface area contributed by atoms with E-state index in [1.54, 1.807) is 0 Å². The van der Waals surface area contributed by atoms with Crippen molar-refractivity contribution in [2.24, 2.45) is 0 Å². The number of hydrogen-bond donors (Lipinski definition) is 0. The van der Waals surface area contributed by atoms with Gasteiger partial charge in [0, 0.05) is 44.6 Å². The Morgan fingerprint density at radius 1 is 0.371 bits per heavy atom. The number of nitrogens with zero attached hydrogens (tertiary/aromatic N) is 2. The number of ether oxygens (including phenoxy) is 1. The van der Waals surface area contributed by atoms with E-state index in [2.05, 4.69) is 240 Å². The second kappa shape index (κ2) is 13.4. The quantitative estimate of drug-likeness (QED) is 0.173. The molecule has 0 radical (unpaired) electrons. The third kappa shape index (κ3) is 4.94. The molecule has 1 aliphatic heterocycles. The van der Waals surface area contributed by atoms with E-state index in [-0.39, 0.29) is 0 Å². The van der Waals surface area contributed by atoms with Crippen LogP contribution in [0, 0.1) is 0 Å². The standard InChI is InChI=1S/C59H38N2O/c1-3-16-42(17-4-1)60(44-31-27-39(28-32-44)41-30-34-49-48-21-9-12-24-54(48)61(55(49)37-41)43-18-5-2-6-19-43)45-33-36-47-50-35-29-40-15-7-8-20-46(40)58(50)59(53(47)38-45)51-22-10-13-25-56(51)62-57-26-14-11-23-52(57)59/h1-38H. The molecule has 0 saturated heterocycles. The average Bonchev–Trinajstić information content (AvgIpc) is 3.83. The molecule has 0 unspecified atom stereocenters. The fraction of sp³-hybridized carbons (Fsp3) is 0.0169. The van der Waals surface area contributed by atoms with Crippen molar-refractivity contribution in [2.75, 3.05) is 4.90 Å². The topological polar surface area (TPSA) is 17.4 Å². The third-order valence-corrected chi connectivity index (χ3v) is 13.2. The van der Waals surface area contributed by atoms with E-state index in [0.29, 0.717) is 0 Å². The maximum absolute atomic E-state index is 6.73. The van der Waals surface area contributed by atoms with E-state index < -0.39 is 5.41 Å². The highest BCUT2D eigenvalue weighted by molar-refractivity contribution is 6.10. The predicted octanol–water partition coefficient (Wildman–Crippen LogP) is 15.5. The molecule has 290 valence electrons. The second-order valence-electron chi connectivity index (χ2n) is 16.4. The molecule has 1 aromatic heterocycles. The van der Waals surface area contributed by atoms with Gasteiger partial charge in [-0.2, -0.15) is 0 Å². The minimum absolute atomic E-state index is 0.611. The van der Waals surface area contributed by atoms with Crippen LogP contribution in [0.5, 0.6) is 11.5 Å². The summed E-state index contributed by atoms with van der Waals surface area (Å²) in [7, 11) is 0. The molecule has 13 rings (SSSR count). The zero-order valence-corrected chi connectivity index (χ0v) is 33.7. The first kappa shape index (κ1) is 34.7. The van der Waals surface area contributed by atoms with E-state index in [9.17, 15) is 0 Å². The lowest BCUT2D eigenvalue weighted by molar-refractivity contribution is 0.437. The molecule has 0 atom stereocenters. The van der Waals surface area contributed by atoms with Gasteiger partial charge in [0.2, 0.25) is 0 Å². The summed E-state index contributed by atoms with van der Waals surface area (Å²) in [4.78, 5) is 2.40. The molecule has 0 saturated carbocycles.